The van der Waals surface area contributed by atoms with Crippen LogP contribution in [0.5, 0.6) is 5.75 Å². The zero-order chi connectivity index (χ0) is 11.6. The number of aldehydes is 1. The molecule has 0 aromatic heterocycles. The van der Waals surface area contributed by atoms with Crippen molar-refractivity contribution in [3.8, 4) is 5.75 Å². The lowest BCUT2D eigenvalue weighted by Crippen LogP contribution is -1.97. The van der Waals surface area contributed by atoms with Gasteiger partial charge in [0.15, 0.2) is 0 Å². The van der Waals surface area contributed by atoms with Crippen molar-refractivity contribution in [1.29, 1.82) is 0 Å². The van der Waals surface area contributed by atoms with E-state index in [4.69, 9.17) is 4.74 Å². The van der Waals surface area contributed by atoms with E-state index in [-0.39, 0.29) is 0 Å². The predicted molar refractivity (Wildman–Crippen MR) is 65.8 cm³/mol. The molecule has 0 unspecified atom stereocenters. The quantitative estimate of drug-likeness (QED) is 0.496. The van der Waals surface area contributed by atoms with Crippen molar-refractivity contribution in [3.63, 3.8) is 0 Å². The summed E-state index contributed by atoms with van der Waals surface area (Å²) in [4.78, 5) is 10.3. The fourth-order valence-corrected chi connectivity index (χ4v) is 1.54. The first-order valence-electron chi connectivity index (χ1n) is 6.02. The molecule has 0 aliphatic heterocycles. The number of unbranched alkanes of at least 4 members (excludes halogenated alkanes) is 3. The summed E-state index contributed by atoms with van der Waals surface area (Å²) in [5, 5.41) is 0. The van der Waals surface area contributed by atoms with Gasteiger partial charge in [-0.05, 0) is 24.1 Å². The first kappa shape index (κ1) is 12.8. The van der Waals surface area contributed by atoms with Crippen LogP contribution in [0, 0.1) is 0 Å². The first-order chi connectivity index (χ1) is 7.86. The van der Waals surface area contributed by atoms with E-state index >= 15 is 0 Å². The smallest absolute Gasteiger partial charge is 0.124 e. The highest BCUT2D eigenvalue weighted by atomic mass is 16.5. The second-order valence-corrected chi connectivity index (χ2v) is 3.92. The Labute approximate surface area is 97.6 Å². The lowest BCUT2D eigenvalue weighted by atomic mass is 10.2. The lowest BCUT2D eigenvalue weighted by molar-refractivity contribution is -0.107. The second kappa shape index (κ2) is 7.91. The summed E-state index contributed by atoms with van der Waals surface area (Å²) in [5.74, 6) is 0.895. The van der Waals surface area contributed by atoms with E-state index < -0.39 is 0 Å². The van der Waals surface area contributed by atoms with Crippen LogP contribution in [-0.2, 0) is 11.2 Å². The number of benzene rings is 1. The molecule has 88 valence electrons. The fraction of sp³-hybridized carbons (Fsp3) is 0.500. The van der Waals surface area contributed by atoms with Gasteiger partial charge in [0.2, 0.25) is 0 Å². The third kappa shape index (κ3) is 4.96. The largest absolute Gasteiger partial charge is 0.494 e. The maximum absolute atomic E-state index is 10.3. The molecule has 1 aromatic rings. The zero-order valence-electron chi connectivity index (χ0n) is 9.95. The summed E-state index contributed by atoms with van der Waals surface area (Å²) in [5.41, 5.74) is 1.04. The molecule has 2 nitrogen and oxygen atoms in total. The molecule has 1 rings (SSSR count). The summed E-state index contributed by atoms with van der Waals surface area (Å²) < 4.78 is 5.60. The third-order valence-electron chi connectivity index (χ3n) is 2.51. The van der Waals surface area contributed by atoms with Crippen LogP contribution in [0.2, 0.25) is 0 Å². The standard InChI is InChI=1S/C14H20O2/c1-2-3-4-5-12-16-14-8-6-13(7-9-14)10-11-15/h6-9,11H,2-5,10,12H2,1H3. The normalized spacial score (nSPS) is 10.1. The molecule has 0 fully saturated rings. The Kier molecular flexibility index (Phi) is 6.31. The van der Waals surface area contributed by atoms with Crippen LogP contribution in [0.3, 0.4) is 0 Å². The van der Waals surface area contributed by atoms with E-state index in [9.17, 15) is 4.79 Å². The molecule has 0 atom stereocenters. The minimum absolute atomic E-state index is 0.483. The topological polar surface area (TPSA) is 26.3 Å². The van der Waals surface area contributed by atoms with Crippen LogP contribution in [0.25, 0.3) is 0 Å². The highest BCUT2D eigenvalue weighted by molar-refractivity contribution is 5.55. The highest BCUT2D eigenvalue weighted by Gasteiger charge is 1.95. The summed E-state index contributed by atoms with van der Waals surface area (Å²) in [7, 11) is 0. The molecule has 0 aliphatic rings. The average molecular weight is 220 g/mol. The van der Waals surface area contributed by atoms with E-state index in [1.807, 2.05) is 24.3 Å². The molecule has 0 saturated heterocycles. The van der Waals surface area contributed by atoms with Gasteiger partial charge in [-0.1, -0.05) is 38.3 Å². The molecular formula is C14H20O2. The van der Waals surface area contributed by atoms with E-state index in [0.29, 0.717) is 6.42 Å². The van der Waals surface area contributed by atoms with Crippen LogP contribution >= 0.6 is 0 Å². The zero-order valence-corrected chi connectivity index (χ0v) is 9.95. The first-order valence-corrected chi connectivity index (χ1v) is 6.02. The van der Waals surface area contributed by atoms with Gasteiger partial charge in [0.25, 0.3) is 0 Å². The van der Waals surface area contributed by atoms with Crippen molar-refractivity contribution in [3.05, 3.63) is 29.8 Å². The van der Waals surface area contributed by atoms with Gasteiger partial charge in [-0.15, -0.1) is 0 Å². The summed E-state index contributed by atoms with van der Waals surface area (Å²) in [6.07, 6.45) is 6.28. The minimum Gasteiger partial charge on any atom is -0.494 e. The molecule has 0 bridgehead atoms. The van der Waals surface area contributed by atoms with Crippen molar-refractivity contribution in [1.82, 2.24) is 0 Å². The van der Waals surface area contributed by atoms with E-state index in [1.54, 1.807) is 0 Å². The molecule has 0 radical (unpaired) electrons. The lowest BCUT2D eigenvalue weighted by Gasteiger charge is -2.06. The van der Waals surface area contributed by atoms with Gasteiger partial charge in [0.1, 0.15) is 12.0 Å². The average Bonchev–Trinajstić information content (AvgIpc) is 2.31. The van der Waals surface area contributed by atoms with E-state index in [2.05, 4.69) is 6.92 Å². The van der Waals surface area contributed by atoms with Crippen LogP contribution < -0.4 is 4.74 Å². The Morgan fingerprint density at radius 1 is 1.12 bits per heavy atom. The van der Waals surface area contributed by atoms with Crippen LogP contribution in [0.4, 0.5) is 0 Å². The number of ether oxygens (including phenoxy) is 1. The van der Waals surface area contributed by atoms with Crippen LogP contribution in [0.15, 0.2) is 24.3 Å². The molecule has 0 heterocycles. The van der Waals surface area contributed by atoms with Crippen LogP contribution in [0.1, 0.15) is 38.2 Å². The van der Waals surface area contributed by atoms with E-state index in [0.717, 1.165) is 30.6 Å². The van der Waals surface area contributed by atoms with Crippen molar-refractivity contribution in [2.75, 3.05) is 6.61 Å². The minimum atomic E-state index is 0.483. The molecule has 2 heteroatoms. The number of rotatable bonds is 8. The third-order valence-corrected chi connectivity index (χ3v) is 2.51. The molecule has 0 spiro atoms. The van der Waals surface area contributed by atoms with Gasteiger partial charge in [0.05, 0.1) is 6.61 Å². The summed E-state index contributed by atoms with van der Waals surface area (Å²) in [6.45, 7) is 2.99. The van der Waals surface area contributed by atoms with Gasteiger partial charge in [-0.2, -0.15) is 0 Å². The van der Waals surface area contributed by atoms with Gasteiger partial charge in [0, 0.05) is 6.42 Å². The van der Waals surface area contributed by atoms with Crippen molar-refractivity contribution >= 4 is 6.29 Å². The Morgan fingerprint density at radius 2 is 1.88 bits per heavy atom. The number of hydrogen-bond acceptors (Lipinski definition) is 2. The Balaban J connectivity index is 2.23. The van der Waals surface area contributed by atoms with Crippen molar-refractivity contribution in [2.45, 2.75) is 39.0 Å². The Hall–Kier alpha value is -1.31. The van der Waals surface area contributed by atoms with Gasteiger partial charge < -0.3 is 9.53 Å². The molecule has 0 N–H and O–H groups in total. The molecular weight excluding hydrogens is 200 g/mol. The molecule has 1 aromatic carbocycles. The maximum atomic E-state index is 10.3. The van der Waals surface area contributed by atoms with Gasteiger partial charge in [-0.25, -0.2) is 0 Å². The molecule has 16 heavy (non-hydrogen) atoms. The molecule has 0 saturated carbocycles. The molecule has 0 aliphatic carbocycles. The monoisotopic (exact) mass is 220 g/mol. The van der Waals surface area contributed by atoms with E-state index in [1.165, 1.54) is 19.3 Å². The summed E-state index contributed by atoms with van der Waals surface area (Å²) in [6, 6.07) is 7.74. The molecule has 0 amide bonds. The maximum Gasteiger partial charge on any atom is 0.124 e. The van der Waals surface area contributed by atoms with Gasteiger partial charge >= 0.3 is 0 Å². The van der Waals surface area contributed by atoms with Crippen LogP contribution in [-0.4, -0.2) is 12.9 Å². The SMILES string of the molecule is CCCCCCOc1ccc(CC=O)cc1. The van der Waals surface area contributed by atoms with Crippen molar-refractivity contribution in [2.24, 2.45) is 0 Å². The van der Waals surface area contributed by atoms with Crippen molar-refractivity contribution < 1.29 is 9.53 Å². The predicted octanol–water partition coefficient (Wildman–Crippen LogP) is 3.39. The fourth-order valence-electron chi connectivity index (χ4n) is 1.54. The Morgan fingerprint density at radius 3 is 2.50 bits per heavy atom. The Bertz CT molecular complexity index is 290. The summed E-state index contributed by atoms with van der Waals surface area (Å²) >= 11 is 0. The van der Waals surface area contributed by atoms with Gasteiger partial charge in [-0.3, -0.25) is 0 Å². The second-order valence-electron chi connectivity index (χ2n) is 3.92. The highest BCUT2D eigenvalue weighted by Crippen LogP contribution is 2.13. The number of hydrogen-bond donors (Lipinski definition) is 0. The number of carbonyl (C=O) groups is 1. The number of carbonyl (C=O) groups excluding carboxylic acids is 1.